The van der Waals surface area contributed by atoms with E-state index in [-0.39, 0.29) is 51.3 Å². The van der Waals surface area contributed by atoms with E-state index in [1.165, 1.54) is 19.1 Å². The Morgan fingerprint density at radius 2 is 1.38 bits per heavy atom. The molecule has 2 aromatic rings. The minimum Gasteiger partial charge on any atom is -0.510 e. The highest BCUT2D eigenvalue weighted by atomic mass is 16.6. The molecule has 3 heterocycles. The molecule has 0 saturated carbocycles. The number of carbonyl (C=O) groups excluding carboxylic acids is 6. The Labute approximate surface area is 276 Å². The molecule has 2 amide bonds. The molecule has 15 nitrogen and oxygen atoms in total. The van der Waals surface area contributed by atoms with Crippen LogP contribution in [0.15, 0.2) is 72.0 Å². The van der Waals surface area contributed by atoms with Crippen LogP contribution in [-0.4, -0.2) is 110 Å². The lowest BCUT2D eigenvalue weighted by Gasteiger charge is -2.45. The number of carbonyl (C=O) groups is 4. The number of ether oxygens (including phenoxy) is 6. The van der Waals surface area contributed by atoms with Crippen LogP contribution < -0.4 is 0 Å². The molecule has 5 rings (SSSR count). The lowest BCUT2D eigenvalue weighted by Crippen LogP contribution is -2.69. The van der Waals surface area contributed by atoms with Crippen LogP contribution in [0.2, 0.25) is 0 Å². The number of amides is 2. The zero-order valence-electron chi connectivity index (χ0n) is 26.9. The maximum Gasteiger partial charge on any atom is 0.411 e. The van der Waals surface area contributed by atoms with Gasteiger partial charge in [0.2, 0.25) is 0 Å². The van der Waals surface area contributed by atoms with Gasteiger partial charge in [-0.1, -0.05) is 60.7 Å². The topological polar surface area (TPSA) is 185 Å². The third kappa shape index (κ3) is 8.76. The molecule has 3 aliphatic heterocycles. The summed E-state index contributed by atoms with van der Waals surface area (Å²) in [6.07, 6.45) is -0.961. The molecule has 3 aliphatic rings. The lowest BCUT2D eigenvalue weighted by molar-refractivity contribution is -0.192. The quantitative estimate of drug-likeness (QED) is 0.304. The second kappa shape index (κ2) is 17.6. The predicted molar refractivity (Wildman–Crippen MR) is 163 cm³/mol. The van der Waals surface area contributed by atoms with Crippen molar-refractivity contribution in [3.63, 3.8) is 0 Å². The van der Waals surface area contributed by atoms with Crippen LogP contribution in [0, 0.1) is 0 Å². The van der Waals surface area contributed by atoms with E-state index in [2.05, 4.69) is 4.74 Å². The summed E-state index contributed by atoms with van der Waals surface area (Å²) in [6.45, 7) is 3.08. The van der Waals surface area contributed by atoms with E-state index in [1.807, 2.05) is 67.6 Å². The van der Waals surface area contributed by atoms with Gasteiger partial charge in [-0.3, -0.25) is 14.6 Å². The summed E-state index contributed by atoms with van der Waals surface area (Å²) in [7, 11) is 2.49. The average Bonchev–Trinajstić information content (AvgIpc) is 3.35. The Bertz CT molecular complexity index is 1460. The monoisotopic (exact) mass is 670 g/mol. The lowest BCUT2D eigenvalue weighted by atomic mass is 9.95. The highest BCUT2D eigenvalue weighted by Gasteiger charge is 2.56. The number of rotatable bonds is 9. The van der Waals surface area contributed by atoms with Crippen LogP contribution >= 0.6 is 0 Å². The van der Waals surface area contributed by atoms with Gasteiger partial charge in [-0.25, -0.2) is 14.4 Å². The van der Waals surface area contributed by atoms with Crippen molar-refractivity contribution in [1.29, 1.82) is 0 Å². The van der Waals surface area contributed by atoms with E-state index < -0.39 is 35.2 Å². The highest BCUT2D eigenvalue weighted by molar-refractivity contribution is 5.87. The van der Waals surface area contributed by atoms with Crippen molar-refractivity contribution in [2.45, 2.75) is 37.6 Å². The van der Waals surface area contributed by atoms with Crippen molar-refractivity contribution >= 4 is 30.3 Å². The third-order valence-electron chi connectivity index (χ3n) is 7.82. The maximum atomic E-state index is 12.6. The van der Waals surface area contributed by atoms with Gasteiger partial charge < -0.3 is 33.5 Å². The standard InChI is InChI=1S/C17H21NO7.C15H17NO4.CO2/c1-22-14(19)8-9-18(17(11-24-12-17)15(20)23-2)16(21)25-10-13-6-4-3-5-7-13;1-11-7-16(15(13(11)17)9-19-10-15)14(18)20-8-12-5-3-2-4-6-12;2-1-3/h3-7H,8-12H2,1-2H3;2-6,17H,7-10H2,1H3;. The highest BCUT2D eigenvalue weighted by Crippen LogP contribution is 2.39. The molecule has 2 saturated heterocycles. The van der Waals surface area contributed by atoms with E-state index in [4.69, 9.17) is 33.3 Å². The van der Waals surface area contributed by atoms with Crippen molar-refractivity contribution in [2.24, 2.45) is 0 Å². The van der Waals surface area contributed by atoms with Gasteiger partial charge in [0.05, 0.1) is 47.1 Å². The smallest absolute Gasteiger partial charge is 0.411 e. The molecule has 15 heteroatoms. The first-order valence-corrected chi connectivity index (χ1v) is 14.7. The number of hydrogen-bond donors (Lipinski definition) is 1. The molecule has 2 aromatic carbocycles. The Balaban J connectivity index is 0.000000245. The fraction of sp³-hybridized carbons (Fsp3) is 0.424. The normalized spacial score (nSPS) is 16.3. The molecule has 0 atom stereocenters. The van der Waals surface area contributed by atoms with Crippen LogP contribution in [-0.2, 0) is 60.8 Å². The second-order valence-electron chi connectivity index (χ2n) is 10.9. The predicted octanol–water partition coefficient (Wildman–Crippen LogP) is 2.79. The van der Waals surface area contributed by atoms with E-state index in [9.17, 15) is 24.3 Å². The summed E-state index contributed by atoms with van der Waals surface area (Å²) in [5.74, 6) is -0.859. The summed E-state index contributed by atoms with van der Waals surface area (Å²) in [5, 5.41) is 10.1. The van der Waals surface area contributed by atoms with E-state index in [0.29, 0.717) is 19.8 Å². The fourth-order valence-electron chi connectivity index (χ4n) is 5.06. The van der Waals surface area contributed by atoms with Gasteiger partial charge in [-0.15, -0.1) is 0 Å². The summed E-state index contributed by atoms with van der Waals surface area (Å²) >= 11 is 0. The van der Waals surface area contributed by atoms with Gasteiger partial charge in [0.25, 0.3) is 0 Å². The molecule has 0 bridgehead atoms. The molecule has 0 aliphatic carbocycles. The molecule has 0 aromatic heterocycles. The Morgan fingerprint density at radius 1 is 0.854 bits per heavy atom. The number of hydrogen-bond acceptors (Lipinski definition) is 13. The van der Waals surface area contributed by atoms with Crippen molar-refractivity contribution in [2.75, 3.05) is 53.7 Å². The molecular formula is C33H38N2O13. The Morgan fingerprint density at radius 3 is 1.81 bits per heavy atom. The van der Waals surface area contributed by atoms with Gasteiger partial charge in [-0.05, 0) is 23.6 Å². The number of nitrogens with zero attached hydrogens (tertiary/aromatic N) is 2. The number of esters is 2. The van der Waals surface area contributed by atoms with Crippen molar-refractivity contribution < 1.29 is 62.3 Å². The maximum absolute atomic E-state index is 12.6. The van der Waals surface area contributed by atoms with Crippen LogP contribution in [0.25, 0.3) is 0 Å². The number of methoxy groups -OCH3 is 2. The molecule has 1 spiro atoms. The van der Waals surface area contributed by atoms with Gasteiger partial charge in [0.15, 0.2) is 5.54 Å². The first-order chi connectivity index (χ1) is 23.1. The van der Waals surface area contributed by atoms with E-state index in [1.54, 1.807) is 4.90 Å². The zero-order valence-corrected chi connectivity index (χ0v) is 26.9. The Kier molecular flexibility index (Phi) is 13.7. The van der Waals surface area contributed by atoms with Gasteiger partial charge in [-0.2, -0.15) is 9.59 Å². The summed E-state index contributed by atoms with van der Waals surface area (Å²) in [5.41, 5.74) is 0.563. The largest absolute Gasteiger partial charge is 0.510 e. The first-order valence-electron chi connectivity index (χ1n) is 14.7. The molecular weight excluding hydrogens is 632 g/mol. The van der Waals surface area contributed by atoms with E-state index in [0.717, 1.165) is 16.7 Å². The molecule has 258 valence electrons. The molecule has 1 N–H and O–H groups in total. The van der Waals surface area contributed by atoms with E-state index >= 15 is 0 Å². The van der Waals surface area contributed by atoms with Crippen LogP contribution in [0.1, 0.15) is 24.5 Å². The van der Waals surface area contributed by atoms with Gasteiger partial charge in [0, 0.05) is 13.1 Å². The molecule has 0 unspecified atom stereocenters. The molecule has 2 fully saturated rings. The third-order valence-corrected chi connectivity index (χ3v) is 7.82. The second-order valence-corrected chi connectivity index (χ2v) is 10.9. The average molecular weight is 671 g/mol. The minimum absolute atomic E-state index is 0.0126. The fourth-order valence-corrected chi connectivity index (χ4v) is 5.06. The zero-order chi connectivity index (χ0) is 35.2. The summed E-state index contributed by atoms with van der Waals surface area (Å²) in [4.78, 5) is 67.4. The van der Waals surface area contributed by atoms with Crippen molar-refractivity contribution in [3.05, 3.63) is 83.1 Å². The van der Waals surface area contributed by atoms with Gasteiger partial charge in [0.1, 0.15) is 24.5 Å². The van der Waals surface area contributed by atoms with Crippen LogP contribution in [0.5, 0.6) is 0 Å². The molecule has 0 radical (unpaired) electrons. The van der Waals surface area contributed by atoms with Crippen molar-refractivity contribution in [3.8, 4) is 0 Å². The SMILES string of the molecule is CC1=C(O)C2(COC2)N(C(=O)OCc2ccccc2)C1.COC(=O)CCN(C(=O)OCc1ccccc1)C1(C(=O)OC)COC1.O=C=O. The van der Waals surface area contributed by atoms with Gasteiger partial charge >= 0.3 is 30.3 Å². The van der Waals surface area contributed by atoms with Crippen LogP contribution in [0.4, 0.5) is 9.59 Å². The minimum atomic E-state index is -1.28. The van der Waals surface area contributed by atoms with Crippen LogP contribution in [0.3, 0.4) is 0 Å². The molecule has 48 heavy (non-hydrogen) atoms. The number of aliphatic hydroxyl groups is 1. The number of benzene rings is 2. The van der Waals surface area contributed by atoms with Crippen molar-refractivity contribution in [1.82, 2.24) is 9.80 Å². The first kappa shape index (κ1) is 37.2. The Hall–Kier alpha value is -5.24. The number of aliphatic hydroxyl groups excluding tert-OH is 1. The summed E-state index contributed by atoms with van der Waals surface area (Å²) in [6, 6.07) is 18.7. The summed E-state index contributed by atoms with van der Waals surface area (Å²) < 4.78 is 30.3.